The Morgan fingerprint density at radius 3 is 2.84 bits per heavy atom. The molecule has 0 aliphatic rings. The van der Waals surface area contributed by atoms with Gasteiger partial charge in [0.1, 0.15) is 6.61 Å². The fourth-order valence-corrected chi connectivity index (χ4v) is 1.42. The maximum Gasteiger partial charge on any atom is 0.407 e. The minimum Gasteiger partial charge on any atom is -0.445 e. The SMILES string of the molecule is CCOC(O)CC[CH]NC(=O)OCc1ccccc1. The van der Waals surface area contributed by atoms with Gasteiger partial charge < -0.3 is 19.9 Å². The van der Waals surface area contributed by atoms with E-state index in [0.717, 1.165) is 5.56 Å². The maximum atomic E-state index is 11.3. The minimum absolute atomic E-state index is 0.238. The fourth-order valence-electron chi connectivity index (χ4n) is 1.42. The molecule has 1 aromatic rings. The van der Waals surface area contributed by atoms with Crippen LogP contribution in [0.25, 0.3) is 0 Å². The van der Waals surface area contributed by atoms with Crippen molar-refractivity contribution in [1.82, 2.24) is 5.32 Å². The zero-order valence-corrected chi connectivity index (χ0v) is 11.0. The number of aliphatic hydroxyl groups excluding tert-OH is 1. The number of carbonyl (C=O) groups excluding carboxylic acids is 1. The molecule has 1 unspecified atom stereocenters. The lowest BCUT2D eigenvalue weighted by molar-refractivity contribution is -0.0982. The van der Waals surface area contributed by atoms with Crippen molar-refractivity contribution in [3.8, 4) is 0 Å². The molecule has 0 aliphatic carbocycles. The van der Waals surface area contributed by atoms with Crippen molar-refractivity contribution in [3.63, 3.8) is 0 Å². The number of nitrogens with one attached hydrogen (secondary N) is 1. The number of hydrogen-bond acceptors (Lipinski definition) is 4. The Kier molecular flexibility index (Phi) is 7.62. The molecule has 1 radical (unpaired) electrons. The average molecular weight is 266 g/mol. The summed E-state index contributed by atoms with van der Waals surface area (Å²) in [7, 11) is 0. The molecule has 0 saturated heterocycles. The predicted molar refractivity (Wildman–Crippen MR) is 70.9 cm³/mol. The lowest BCUT2D eigenvalue weighted by Gasteiger charge is -2.10. The Bertz CT molecular complexity index is 356. The minimum atomic E-state index is -0.789. The van der Waals surface area contributed by atoms with Gasteiger partial charge in [0.25, 0.3) is 0 Å². The topological polar surface area (TPSA) is 67.8 Å². The zero-order chi connectivity index (χ0) is 13.9. The Morgan fingerprint density at radius 1 is 1.42 bits per heavy atom. The quantitative estimate of drug-likeness (QED) is 0.559. The van der Waals surface area contributed by atoms with Crippen LogP contribution >= 0.6 is 0 Å². The summed E-state index contributed by atoms with van der Waals surface area (Å²) in [5.74, 6) is 0. The Labute approximate surface area is 113 Å². The van der Waals surface area contributed by atoms with E-state index in [0.29, 0.717) is 19.4 Å². The van der Waals surface area contributed by atoms with Gasteiger partial charge in [0, 0.05) is 13.0 Å². The van der Waals surface area contributed by atoms with Crippen molar-refractivity contribution in [2.24, 2.45) is 0 Å². The number of aliphatic hydroxyl groups is 1. The summed E-state index contributed by atoms with van der Waals surface area (Å²) in [6, 6.07) is 9.45. The standard InChI is InChI=1S/C14H20NO4/c1-2-18-13(16)9-6-10-15-14(17)19-11-12-7-4-3-5-8-12/h3-5,7-8,10,13,16H,2,6,9,11H2,1H3,(H,15,17). The highest BCUT2D eigenvalue weighted by Crippen LogP contribution is 2.02. The summed E-state index contributed by atoms with van der Waals surface area (Å²) in [6.45, 7) is 4.07. The summed E-state index contributed by atoms with van der Waals surface area (Å²) in [6.07, 6.45) is -0.341. The van der Waals surface area contributed by atoms with E-state index in [1.165, 1.54) is 0 Å². The van der Waals surface area contributed by atoms with Gasteiger partial charge in [-0.3, -0.25) is 0 Å². The van der Waals surface area contributed by atoms with Crippen LogP contribution in [0.5, 0.6) is 0 Å². The Hall–Kier alpha value is -1.59. The van der Waals surface area contributed by atoms with Crippen molar-refractivity contribution >= 4 is 6.09 Å². The van der Waals surface area contributed by atoms with Crippen LogP contribution in [0.1, 0.15) is 25.3 Å². The summed E-state index contributed by atoms with van der Waals surface area (Å²) in [5, 5.41) is 11.8. The number of alkyl carbamates (subject to hydrolysis) is 1. The number of amides is 1. The van der Waals surface area contributed by atoms with Crippen molar-refractivity contribution in [3.05, 3.63) is 42.4 Å². The number of hydrogen-bond donors (Lipinski definition) is 2. The number of rotatable bonds is 8. The first-order valence-electron chi connectivity index (χ1n) is 6.31. The second kappa shape index (κ2) is 9.35. The van der Waals surface area contributed by atoms with E-state index in [1.54, 1.807) is 6.54 Å². The van der Waals surface area contributed by atoms with E-state index in [2.05, 4.69) is 5.32 Å². The number of ether oxygens (including phenoxy) is 2. The molecule has 0 heterocycles. The lowest BCUT2D eigenvalue weighted by atomic mass is 10.2. The van der Waals surface area contributed by atoms with Crippen LogP contribution in [-0.2, 0) is 16.1 Å². The largest absolute Gasteiger partial charge is 0.445 e. The van der Waals surface area contributed by atoms with E-state index in [4.69, 9.17) is 9.47 Å². The van der Waals surface area contributed by atoms with Gasteiger partial charge in [-0.15, -0.1) is 0 Å². The average Bonchev–Trinajstić information content (AvgIpc) is 2.43. The molecule has 0 spiro atoms. The summed E-state index contributed by atoms with van der Waals surface area (Å²) < 4.78 is 9.95. The van der Waals surface area contributed by atoms with Crippen LogP contribution in [0, 0.1) is 6.54 Å². The monoisotopic (exact) mass is 266 g/mol. The van der Waals surface area contributed by atoms with Crippen LogP contribution in [-0.4, -0.2) is 24.1 Å². The van der Waals surface area contributed by atoms with Gasteiger partial charge >= 0.3 is 6.09 Å². The molecule has 1 amide bonds. The van der Waals surface area contributed by atoms with Crippen molar-refractivity contribution in [2.75, 3.05) is 6.61 Å². The molecule has 19 heavy (non-hydrogen) atoms. The van der Waals surface area contributed by atoms with Gasteiger partial charge in [0.2, 0.25) is 0 Å². The van der Waals surface area contributed by atoms with Gasteiger partial charge in [-0.1, -0.05) is 30.3 Å². The first-order valence-corrected chi connectivity index (χ1v) is 6.31. The van der Waals surface area contributed by atoms with E-state index in [1.807, 2.05) is 37.3 Å². The Balaban J connectivity index is 2.05. The molecule has 1 aromatic carbocycles. The first-order chi connectivity index (χ1) is 9.22. The molecule has 0 bridgehead atoms. The fraction of sp³-hybridized carbons (Fsp3) is 0.429. The maximum absolute atomic E-state index is 11.3. The van der Waals surface area contributed by atoms with E-state index in [-0.39, 0.29) is 6.61 Å². The molecule has 1 atom stereocenters. The third-order valence-corrected chi connectivity index (χ3v) is 2.35. The molecule has 5 nitrogen and oxygen atoms in total. The molecular weight excluding hydrogens is 246 g/mol. The van der Waals surface area contributed by atoms with Gasteiger partial charge in [-0.25, -0.2) is 4.79 Å². The number of benzene rings is 1. The van der Waals surface area contributed by atoms with Crippen LogP contribution in [0.2, 0.25) is 0 Å². The summed E-state index contributed by atoms with van der Waals surface area (Å²) in [5.41, 5.74) is 0.935. The van der Waals surface area contributed by atoms with E-state index < -0.39 is 12.4 Å². The van der Waals surface area contributed by atoms with Gasteiger partial charge in [-0.2, -0.15) is 0 Å². The van der Waals surface area contributed by atoms with E-state index in [9.17, 15) is 9.90 Å². The molecule has 0 aromatic heterocycles. The molecule has 0 saturated carbocycles. The molecular formula is C14H20NO4. The number of carbonyl (C=O) groups is 1. The smallest absolute Gasteiger partial charge is 0.407 e. The highest BCUT2D eigenvalue weighted by atomic mass is 16.6. The molecule has 1 rings (SSSR count). The predicted octanol–water partition coefficient (Wildman–Crippen LogP) is 2.21. The molecule has 5 heteroatoms. The third kappa shape index (κ3) is 7.43. The summed E-state index contributed by atoms with van der Waals surface area (Å²) >= 11 is 0. The Morgan fingerprint density at radius 2 is 2.16 bits per heavy atom. The molecule has 0 fully saturated rings. The lowest BCUT2D eigenvalue weighted by Crippen LogP contribution is -2.22. The summed E-state index contributed by atoms with van der Waals surface area (Å²) in [4.78, 5) is 11.3. The molecule has 2 N–H and O–H groups in total. The van der Waals surface area contributed by atoms with Crippen molar-refractivity contribution in [1.29, 1.82) is 0 Å². The normalized spacial score (nSPS) is 11.9. The van der Waals surface area contributed by atoms with Crippen LogP contribution in [0.4, 0.5) is 4.79 Å². The van der Waals surface area contributed by atoms with Gasteiger partial charge in [-0.05, 0) is 18.9 Å². The van der Waals surface area contributed by atoms with Crippen LogP contribution in [0.15, 0.2) is 30.3 Å². The first kappa shape index (κ1) is 15.5. The third-order valence-electron chi connectivity index (χ3n) is 2.35. The molecule has 105 valence electrons. The van der Waals surface area contributed by atoms with Crippen molar-refractivity contribution < 1.29 is 19.4 Å². The zero-order valence-electron chi connectivity index (χ0n) is 11.0. The second-order valence-electron chi connectivity index (χ2n) is 3.90. The van der Waals surface area contributed by atoms with Gasteiger partial charge in [0.15, 0.2) is 6.29 Å². The van der Waals surface area contributed by atoms with Crippen LogP contribution < -0.4 is 5.32 Å². The van der Waals surface area contributed by atoms with E-state index >= 15 is 0 Å². The highest BCUT2D eigenvalue weighted by Gasteiger charge is 2.05. The van der Waals surface area contributed by atoms with Gasteiger partial charge in [0.05, 0.1) is 6.54 Å². The molecule has 0 aliphatic heterocycles. The highest BCUT2D eigenvalue weighted by molar-refractivity contribution is 5.67. The second-order valence-corrected chi connectivity index (χ2v) is 3.90. The van der Waals surface area contributed by atoms with Crippen molar-refractivity contribution in [2.45, 2.75) is 32.7 Å². The van der Waals surface area contributed by atoms with Crippen LogP contribution in [0.3, 0.4) is 0 Å².